The standard InChI is InChI=1S/C40H47F3O/c1-3-5-7-9-28-10-12-29(13-11-28)30-14-16-31(17-15-30)34-22-23-35(37(41)27-34)32-18-20-33(21-19-32)36-24-25-38(40(43)39(36)42)44-26-8-6-4-2/h4,6,16,18-25,27-30H,3,5,7-15,17,26H2,1-2H3/b6-4-. The van der Waals surface area contributed by atoms with E-state index in [0.717, 1.165) is 36.2 Å². The van der Waals surface area contributed by atoms with Crippen molar-refractivity contribution in [1.82, 2.24) is 0 Å². The molecule has 3 aromatic rings. The van der Waals surface area contributed by atoms with Gasteiger partial charge in [-0.25, -0.2) is 8.78 Å². The molecule has 0 amide bonds. The van der Waals surface area contributed by atoms with Crippen molar-refractivity contribution < 1.29 is 17.9 Å². The Balaban J connectivity index is 1.19. The van der Waals surface area contributed by atoms with Crippen molar-refractivity contribution >= 4 is 5.57 Å². The molecule has 1 nitrogen and oxygen atoms in total. The van der Waals surface area contributed by atoms with Crippen LogP contribution >= 0.6 is 0 Å². The monoisotopic (exact) mass is 600 g/mol. The highest BCUT2D eigenvalue weighted by molar-refractivity contribution is 5.74. The summed E-state index contributed by atoms with van der Waals surface area (Å²) in [6.45, 7) is 4.45. The number of benzene rings is 3. The third kappa shape index (κ3) is 7.86. The number of ether oxygens (including phenoxy) is 1. The molecule has 5 rings (SSSR count). The molecule has 44 heavy (non-hydrogen) atoms. The van der Waals surface area contributed by atoms with E-state index in [4.69, 9.17) is 4.74 Å². The number of hydrogen-bond donors (Lipinski definition) is 0. The number of allylic oxidation sites excluding steroid dienone is 3. The Morgan fingerprint density at radius 1 is 0.773 bits per heavy atom. The molecule has 4 heteroatoms. The topological polar surface area (TPSA) is 9.23 Å². The first-order valence-corrected chi connectivity index (χ1v) is 16.8. The summed E-state index contributed by atoms with van der Waals surface area (Å²) in [5.41, 5.74) is 4.09. The second-order valence-electron chi connectivity index (χ2n) is 12.8. The van der Waals surface area contributed by atoms with Crippen LogP contribution in [0.15, 0.2) is 72.8 Å². The van der Waals surface area contributed by atoms with Crippen LogP contribution in [0.2, 0.25) is 0 Å². The fraction of sp³-hybridized carbons (Fsp3) is 0.450. The van der Waals surface area contributed by atoms with Gasteiger partial charge in [0.05, 0.1) is 6.61 Å². The quantitative estimate of drug-likeness (QED) is 0.148. The van der Waals surface area contributed by atoms with Gasteiger partial charge < -0.3 is 4.74 Å². The first-order chi connectivity index (χ1) is 21.5. The lowest BCUT2D eigenvalue weighted by molar-refractivity contribution is 0.187. The summed E-state index contributed by atoms with van der Waals surface area (Å²) in [5, 5.41) is 0. The first kappa shape index (κ1) is 32.1. The van der Waals surface area contributed by atoms with Gasteiger partial charge in [0, 0.05) is 11.1 Å². The third-order valence-corrected chi connectivity index (χ3v) is 9.90. The summed E-state index contributed by atoms with van der Waals surface area (Å²) in [6, 6.07) is 15.4. The van der Waals surface area contributed by atoms with E-state index in [0.29, 0.717) is 23.1 Å². The Bertz CT molecular complexity index is 1430. The van der Waals surface area contributed by atoms with Gasteiger partial charge in [-0.2, -0.15) is 4.39 Å². The summed E-state index contributed by atoms with van der Waals surface area (Å²) in [7, 11) is 0. The van der Waals surface area contributed by atoms with Crippen molar-refractivity contribution in [3.8, 4) is 28.0 Å². The average molecular weight is 601 g/mol. The molecule has 1 fully saturated rings. The summed E-state index contributed by atoms with van der Waals surface area (Å²) in [6.07, 6.45) is 21.1. The zero-order valence-electron chi connectivity index (χ0n) is 26.4. The van der Waals surface area contributed by atoms with Crippen LogP contribution in [-0.2, 0) is 0 Å². The molecule has 1 saturated carbocycles. The molecular formula is C40H47F3O. The highest BCUT2D eigenvalue weighted by Crippen LogP contribution is 2.42. The van der Waals surface area contributed by atoms with Gasteiger partial charge in [-0.1, -0.05) is 100 Å². The Morgan fingerprint density at radius 2 is 1.48 bits per heavy atom. The average Bonchev–Trinajstić information content (AvgIpc) is 3.06. The Labute approximate surface area is 262 Å². The smallest absolute Gasteiger partial charge is 0.201 e. The van der Waals surface area contributed by atoms with Gasteiger partial charge in [-0.05, 0) is 104 Å². The van der Waals surface area contributed by atoms with Gasteiger partial charge in [-0.3, -0.25) is 0 Å². The molecule has 0 heterocycles. The maximum Gasteiger partial charge on any atom is 0.201 e. The first-order valence-electron chi connectivity index (χ1n) is 16.8. The van der Waals surface area contributed by atoms with E-state index in [1.54, 1.807) is 30.3 Å². The molecule has 3 aromatic carbocycles. The number of unbranched alkanes of at least 4 members (excludes halogenated alkanes) is 2. The minimum atomic E-state index is -0.998. The van der Waals surface area contributed by atoms with Gasteiger partial charge in [-0.15, -0.1) is 0 Å². The lowest BCUT2D eigenvalue weighted by atomic mass is 9.70. The number of halogens is 3. The Morgan fingerprint density at radius 3 is 2.14 bits per heavy atom. The number of hydrogen-bond acceptors (Lipinski definition) is 1. The summed E-state index contributed by atoms with van der Waals surface area (Å²) < 4.78 is 50.3. The molecule has 2 aliphatic carbocycles. The fourth-order valence-electron chi connectivity index (χ4n) is 7.22. The molecule has 1 unspecified atom stereocenters. The molecule has 0 bridgehead atoms. The van der Waals surface area contributed by atoms with Gasteiger partial charge in [0.25, 0.3) is 0 Å². The second kappa shape index (κ2) is 15.6. The molecule has 0 saturated heterocycles. The summed E-state index contributed by atoms with van der Waals surface area (Å²) >= 11 is 0. The van der Waals surface area contributed by atoms with E-state index in [2.05, 4.69) is 13.0 Å². The summed E-state index contributed by atoms with van der Waals surface area (Å²) in [4.78, 5) is 0. The molecule has 234 valence electrons. The maximum atomic E-state index is 15.4. The van der Waals surface area contributed by atoms with Gasteiger partial charge in [0.2, 0.25) is 5.82 Å². The van der Waals surface area contributed by atoms with Crippen LogP contribution in [-0.4, -0.2) is 6.61 Å². The van der Waals surface area contributed by atoms with E-state index in [9.17, 15) is 8.78 Å². The molecule has 0 N–H and O–H groups in total. The van der Waals surface area contributed by atoms with Gasteiger partial charge in [0.1, 0.15) is 5.82 Å². The predicted octanol–water partition coefficient (Wildman–Crippen LogP) is 12.4. The maximum absolute atomic E-state index is 15.4. The minimum absolute atomic E-state index is 0.0987. The zero-order chi connectivity index (χ0) is 30.9. The van der Waals surface area contributed by atoms with Crippen molar-refractivity contribution in [3.63, 3.8) is 0 Å². The normalized spacial score (nSPS) is 20.6. The van der Waals surface area contributed by atoms with Crippen molar-refractivity contribution in [2.45, 2.75) is 90.9 Å². The van der Waals surface area contributed by atoms with Crippen LogP contribution in [0.4, 0.5) is 13.2 Å². The SMILES string of the molecule is C/C=C\CCOc1ccc(-c2ccc(-c3ccc(C4=CCC(C5CCC(CCCCC)CC5)CC4)cc3F)cc2)c(F)c1F. The fourth-order valence-corrected chi connectivity index (χ4v) is 7.22. The van der Waals surface area contributed by atoms with Crippen LogP contribution in [0.3, 0.4) is 0 Å². The van der Waals surface area contributed by atoms with E-state index in [1.807, 2.05) is 31.2 Å². The Kier molecular flexibility index (Phi) is 11.4. The molecule has 2 aliphatic rings. The van der Waals surface area contributed by atoms with Crippen LogP contribution in [0.5, 0.6) is 5.75 Å². The Hall–Kier alpha value is -3.27. The van der Waals surface area contributed by atoms with E-state index < -0.39 is 11.6 Å². The lowest BCUT2D eigenvalue weighted by Gasteiger charge is -2.35. The lowest BCUT2D eigenvalue weighted by Crippen LogP contribution is -2.23. The molecule has 0 aliphatic heterocycles. The van der Waals surface area contributed by atoms with Crippen molar-refractivity contribution in [2.24, 2.45) is 17.8 Å². The van der Waals surface area contributed by atoms with Crippen LogP contribution < -0.4 is 4.74 Å². The minimum Gasteiger partial charge on any atom is -0.490 e. The van der Waals surface area contributed by atoms with Crippen molar-refractivity contribution in [1.29, 1.82) is 0 Å². The molecular weight excluding hydrogens is 553 g/mol. The summed E-state index contributed by atoms with van der Waals surface area (Å²) in [5.74, 6) is 0.246. The second-order valence-corrected chi connectivity index (χ2v) is 12.8. The molecule has 0 radical (unpaired) electrons. The van der Waals surface area contributed by atoms with E-state index in [1.165, 1.54) is 75.5 Å². The van der Waals surface area contributed by atoms with Crippen LogP contribution in [0, 0.1) is 35.2 Å². The van der Waals surface area contributed by atoms with E-state index >= 15 is 4.39 Å². The van der Waals surface area contributed by atoms with Gasteiger partial charge >= 0.3 is 0 Å². The molecule has 1 atom stereocenters. The molecule has 0 aromatic heterocycles. The zero-order valence-corrected chi connectivity index (χ0v) is 26.4. The highest BCUT2D eigenvalue weighted by atomic mass is 19.2. The van der Waals surface area contributed by atoms with Crippen LogP contribution in [0.25, 0.3) is 27.8 Å². The van der Waals surface area contributed by atoms with Crippen molar-refractivity contribution in [2.75, 3.05) is 6.61 Å². The predicted molar refractivity (Wildman–Crippen MR) is 177 cm³/mol. The third-order valence-electron chi connectivity index (χ3n) is 9.90. The largest absolute Gasteiger partial charge is 0.490 e. The molecule has 0 spiro atoms. The van der Waals surface area contributed by atoms with Crippen molar-refractivity contribution in [3.05, 3.63) is 95.8 Å². The van der Waals surface area contributed by atoms with Crippen LogP contribution in [0.1, 0.15) is 96.5 Å². The van der Waals surface area contributed by atoms with Gasteiger partial charge in [0.15, 0.2) is 11.6 Å². The van der Waals surface area contributed by atoms with E-state index in [-0.39, 0.29) is 23.7 Å². The number of rotatable bonds is 12. The highest BCUT2D eigenvalue weighted by Gasteiger charge is 2.29.